The second-order valence-corrected chi connectivity index (χ2v) is 8.50. The van der Waals surface area contributed by atoms with E-state index >= 15 is 0 Å². The first kappa shape index (κ1) is 22.0. The van der Waals surface area contributed by atoms with Crippen LogP contribution in [0.5, 0.6) is 23.0 Å². The third kappa shape index (κ3) is 4.38. The number of nitrogens with one attached hydrogen (secondary N) is 1. The molecule has 1 N–H and O–H groups in total. The standard InChI is InChI=1S/C23H27N3O5S/c1-28-16-5-6-17-20(13-16)32-23(25-17)26-9-7-14(8-10-26)22(27)24-15-11-18(29-2)21(31-4)19(12-15)30-3/h5-6,11-14H,7-10H2,1-4H3,(H,24,27). The van der Waals surface area contributed by atoms with Crippen molar-refractivity contribution < 1.29 is 23.7 Å². The summed E-state index contributed by atoms with van der Waals surface area (Å²) in [6, 6.07) is 9.39. The summed E-state index contributed by atoms with van der Waals surface area (Å²) in [5.74, 6) is 2.26. The first-order valence-electron chi connectivity index (χ1n) is 10.4. The summed E-state index contributed by atoms with van der Waals surface area (Å²) in [5.41, 5.74) is 1.58. The van der Waals surface area contributed by atoms with Gasteiger partial charge in [-0.25, -0.2) is 4.98 Å². The van der Waals surface area contributed by atoms with Crippen LogP contribution in [0.1, 0.15) is 12.8 Å². The molecule has 1 amide bonds. The van der Waals surface area contributed by atoms with E-state index in [1.54, 1.807) is 51.9 Å². The Kier molecular flexibility index (Phi) is 6.55. The van der Waals surface area contributed by atoms with Crippen LogP contribution < -0.4 is 29.2 Å². The van der Waals surface area contributed by atoms with E-state index in [1.807, 2.05) is 18.2 Å². The summed E-state index contributed by atoms with van der Waals surface area (Å²) >= 11 is 1.65. The lowest BCUT2D eigenvalue weighted by molar-refractivity contribution is -0.120. The molecule has 4 rings (SSSR count). The number of piperidine rings is 1. The van der Waals surface area contributed by atoms with E-state index in [0.717, 1.165) is 47.0 Å². The highest BCUT2D eigenvalue weighted by molar-refractivity contribution is 7.22. The number of anilines is 2. The fraction of sp³-hybridized carbons (Fsp3) is 0.391. The third-order valence-electron chi connectivity index (χ3n) is 5.65. The van der Waals surface area contributed by atoms with Crippen LogP contribution >= 0.6 is 11.3 Å². The SMILES string of the molecule is COc1ccc2nc(N3CCC(C(=O)Nc4cc(OC)c(OC)c(OC)c4)CC3)sc2c1. The molecule has 0 bridgehead atoms. The third-order valence-corrected chi connectivity index (χ3v) is 6.73. The number of aromatic nitrogens is 1. The van der Waals surface area contributed by atoms with Crippen LogP contribution in [0.4, 0.5) is 10.8 Å². The summed E-state index contributed by atoms with van der Waals surface area (Å²) in [4.78, 5) is 19.9. The van der Waals surface area contributed by atoms with Gasteiger partial charge in [0.25, 0.3) is 0 Å². The maximum absolute atomic E-state index is 12.9. The van der Waals surface area contributed by atoms with Gasteiger partial charge in [-0.3, -0.25) is 4.79 Å². The predicted molar refractivity (Wildman–Crippen MR) is 126 cm³/mol. The number of hydrogen-bond donors (Lipinski definition) is 1. The van der Waals surface area contributed by atoms with Crippen LogP contribution in [-0.4, -0.2) is 52.4 Å². The summed E-state index contributed by atoms with van der Waals surface area (Å²) in [7, 11) is 6.32. The molecule has 8 nitrogen and oxygen atoms in total. The quantitative estimate of drug-likeness (QED) is 0.570. The molecule has 32 heavy (non-hydrogen) atoms. The molecule has 0 aliphatic carbocycles. The molecule has 0 atom stereocenters. The van der Waals surface area contributed by atoms with Crippen LogP contribution in [0.25, 0.3) is 10.2 Å². The zero-order valence-corrected chi connectivity index (χ0v) is 19.5. The normalized spacial score (nSPS) is 14.3. The number of carbonyl (C=O) groups is 1. The largest absolute Gasteiger partial charge is 0.497 e. The van der Waals surface area contributed by atoms with Crippen LogP contribution in [0.2, 0.25) is 0 Å². The molecule has 1 saturated heterocycles. The highest BCUT2D eigenvalue weighted by Gasteiger charge is 2.27. The Morgan fingerprint density at radius 2 is 1.69 bits per heavy atom. The summed E-state index contributed by atoms with van der Waals surface area (Å²) in [6.45, 7) is 1.56. The van der Waals surface area contributed by atoms with Crippen molar-refractivity contribution in [1.29, 1.82) is 0 Å². The molecule has 0 unspecified atom stereocenters. The maximum Gasteiger partial charge on any atom is 0.227 e. The Bertz CT molecular complexity index is 1080. The lowest BCUT2D eigenvalue weighted by atomic mass is 9.96. The lowest BCUT2D eigenvalue weighted by Crippen LogP contribution is -2.38. The minimum absolute atomic E-state index is 0.00652. The van der Waals surface area contributed by atoms with Crippen LogP contribution in [0, 0.1) is 5.92 Å². The highest BCUT2D eigenvalue weighted by Crippen LogP contribution is 2.40. The number of methoxy groups -OCH3 is 4. The van der Waals surface area contributed by atoms with Crippen LogP contribution in [-0.2, 0) is 4.79 Å². The lowest BCUT2D eigenvalue weighted by Gasteiger charge is -2.31. The molecule has 0 radical (unpaired) electrons. The molecule has 0 spiro atoms. The Hall–Kier alpha value is -3.20. The van der Waals surface area contributed by atoms with Crippen molar-refractivity contribution >= 4 is 38.3 Å². The van der Waals surface area contributed by atoms with E-state index in [4.69, 9.17) is 23.9 Å². The van der Waals surface area contributed by atoms with Crippen molar-refractivity contribution in [2.24, 2.45) is 5.92 Å². The number of carbonyl (C=O) groups excluding carboxylic acids is 1. The van der Waals surface area contributed by atoms with Crippen LogP contribution in [0.3, 0.4) is 0 Å². The molecule has 2 aromatic carbocycles. The molecule has 2 heterocycles. The molecule has 1 aromatic heterocycles. The molecule has 1 aliphatic rings. The number of thiazole rings is 1. The number of fused-ring (bicyclic) bond motifs is 1. The Morgan fingerprint density at radius 3 is 2.28 bits per heavy atom. The second-order valence-electron chi connectivity index (χ2n) is 7.49. The van der Waals surface area contributed by atoms with Gasteiger partial charge < -0.3 is 29.2 Å². The molecular weight excluding hydrogens is 430 g/mol. The van der Waals surface area contributed by atoms with E-state index in [9.17, 15) is 4.79 Å². The van der Waals surface area contributed by atoms with Gasteiger partial charge in [0.1, 0.15) is 5.75 Å². The number of ether oxygens (including phenoxy) is 4. The number of hydrogen-bond acceptors (Lipinski definition) is 8. The first-order valence-corrected chi connectivity index (χ1v) is 11.2. The Labute approximate surface area is 191 Å². The summed E-state index contributed by atoms with van der Waals surface area (Å²) in [6.07, 6.45) is 1.52. The second kappa shape index (κ2) is 9.52. The molecule has 1 aliphatic heterocycles. The van der Waals surface area contributed by atoms with E-state index in [0.29, 0.717) is 22.9 Å². The van der Waals surface area contributed by atoms with Gasteiger partial charge in [0.15, 0.2) is 16.6 Å². The number of amides is 1. The van der Waals surface area contributed by atoms with Gasteiger partial charge in [-0.15, -0.1) is 0 Å². The molecule has 9 heteroatoms. The van der Waals surface area contributed by atoms with E-state index in [2.05, 4.69) is 10.2 Å². The van der Waals surface area contributed by atoms with Crippen LogP contribution in [0.15, 0.2) is 30.3 Å². The van der Waals surface area contributed by atoms with E-state index < -0.39 is 0 Å². The topological polar surface area (TPSA) is 82.2 Å². The van der Waals surface area contributed by atoms with Crippen molar-refractivity contribution in [3.8, 4) is 23.0 Å². The highest BCUT2D eigenvalue weighted by atomic mass is 32.1. The van der Waals surface area contributed by atoms with Crippen molar-refractivity contribution in [2.45, 2.75) is 12.8 Å². The fourth-order valence-corrected chi connectivity index (χ4v) is 4.93. The van der Waals surface area contributed by atoms with Gasteiger partial charge in [-0.05, 0) is 31.0 Å². The molecular formula is C23H27N3O5S. The van der Waals surface area contributed by atoms with Gasteiger partial charge in [-0.2, -0.15) is 0 Å². The predicted octanol–water partition coefficient (Wildman–Crippen LogP) is 4.19. The molecule has 0 saturated carbocycles. The number of rotatable bonds is 7. The fourth-order valence-electron chi connectivity index (χ4n) is 3.89. The monoisotopic (exact) mass is 457 g/mol. The summed E-state index contributed by atoms with van der Waals surface area (Å²) in [5, 5.41) is 3.98. The number of nitrogens with zero attached hydrogens (tertiary/aromatic N) is 2. The van der Waals surface area contributed by atoms with E-state index in [1.165, 1.54) is 0 Å². The van der Waals surface area contributed by atoms with Gasteiger partial charge in [-0.1, -0.05) is 11.3 Å². The molecule has 170 valence electrons. The van der Waals surface area contributed by atoms with E-state index in [-0.39, 0.29) is 11.8 Å². The smallest absolute Gasteiger partial charge is 0.227 e. The van der Waals surface area contributed by atoms with Gasteiger partial charge in [0.05, 0.1) is 38.7 Å². The molecule has 3 aromatic rings. The van der Waals surface area contributed by atoms with Gasteiger partial charge in [0, 0.05) is 36.8 Å². The summed E-state index contributed by atoms with van der Waals surface area (Å²) < 4.78 is 22.5. The molecule has 1 fully saturated rings. The van der Waals surface area contributed by atoms with Crippen molar-refractivity contribution in [1.82, 2.24) is 4.98 Å². The Balaban J connectivity index is 1.41. The average Bonchev–Trinajstić information content (AvgIpc) is 3.26. The zero-order chi connectivity index (χ0) is 22.7. The van der Waals surface area contributed by atoms with Crippen molar-refractivity contribution in [2.75, 3.05) is 51.7 Å². The van der Waals surface area contributed by atoms with Crippen molar-refractivity contribution in [3.05, 3.63) is 30.3 Å². The minimum atomic E-state index is -0.0696. The zero-order valence-electron chi connectivity index (χ0n) is 18.6. The average molecular weight is 458 g/mol. The Morgan fingerprint density at radius 1 is 1.00 bits per heavy atom. The minimum Gasteiger partial charge on any atom is -0.497 e. The van der Waals surface area contributed by atoms with Crippen molar-refractivity contribution in [3.63, 3.8) is 0 Å². The maximum atomic E-state index is 12.9. The van der Waals surface area contributed by atoms with Gasteiger partial charge >= 0.3 is 0 Å². The number of benzene rings is 2. The first-order chi connectivity index (χ1) is 15.6. The van der Waals surface area contributed by atoms with Gasteiger partial charge in [0.2, 0.25) is 11.7 Å².